The van der Waals surface area contributed by atoms with Gasteiger partial charge in [-0.05, 0) is 13.5 Å². The molecule has 0 aliphatic heterocycles. The highest BCUT2D eigenvalue weighted by Gasteiger charge is 2.02. The first-order valence-corrected chi connectivity index (χ1v) is 4.54. The van der Waals surface area contributed by atoms with Crippen molar-refractivity contribution in [2.24, 2.45) is 0 Å². The maximum absolute atomic E-state index is 11.5. The van der Waals surface area contributed by atoms with E-state index in [0.717, 1.165) is 12.1 Å². The second-order valence-corrected chi connectivity index (χ2v) is 3.07. The molecule has 0 amide bonds. The zero-order valence-corrected chi connectivity index (χ0v) is 9.36. The van der Waals surface area contributed by atoms with Crippen LogP contribution in [-0.4, -0.2) is 18.9 Å². The van der Waals surface area contributed by atoms with E-state index in [1.807, 2.05) is 38.1 Å². The van der Waals surface area contributed by atoms with E-state index >= 15 is 0 Å². The van der Waals surface area contributed by atoms with Gasteiger partial charge in [-0.2, -0.15) is 0 Å². The lowest BCUT2D eigenvalue weighted by Gasteiger charge is -2.01. The van der Waals surface area contributed by atoms with Gasteiger partial charge in [0.25, 0.3) is 0 Å². The summed E-state index contributed by atoms with van der Waals surface area (Å²) in [6, 6.07) is 7.66. The van der Waals surface area contributed by atoms with Crippen LogP contribution in [0.3, 0.4) is 0 Å². The van der Waals surface area contributed by atoms with E-state index in [1.54, 1.807) is 0 Å². The van der Waals surface area contributed by atoms with E-state index in [1.165, 1.54) is 5.56 Å². The minimum Gasteiger partial charge on any atom is -0.310 e. The molecule has 0 unspecified atom stereocenters. The van der Waals surface area contributed by atoms with Gasteiger partial charge in [0.05, 0.1) is 6.54 Å². The Balaban J connectivity index is 0.00000169. The van der Waals surface area contributed by atoms with Gasteiger partial charge in [0.2, 0.25) is 0 Å². The third-order valence-electron chi connectivity index (χ3n) is 1.91. The summed E-state index contributed by atoms with van der Waals surface area (Å²) >= 11 is 0. The monoisotopic (exact) mass is 213 g/mol. The Bertz CT molecular complexity index is 282. The quantitative estimate of drug-likeness (QED) is 0.778. The van der Waals surface area contributed by atoms with Crippen LogP contribution in [0, 0.1) is 6.92 Å². The molecule has 0 aliphatic rings. The molecule has 3 heteroatoms. The summed E-state index contributed by atoms with van der Waals surface area (Å²) < 4.78 is 0. The summed E-state index contributed by atoms with van der Waals surface area (Å²) in [6.07, 6.45) is 0. The Morgan fingerprint density at radius 1 is 1.29 bits per heavy atom. The van der Waals surface area contributed by atoms with Crippen molar-refractivity contribution in [3.05, 3.63) is 35.4 Å². The third kappa shape index (κ3) is 3.90. The molecule has 0 spiro atoms. The molecule has 0 heterocycles. The predicted octanol–water partition coefficient (Wildman–Crippen LogP) is 2.21. The van der Waals surface area contributed by atoms with E-state index in [9.17, 15) is 4.79 Å². The summed E-state index contributed by atoms with van der Waals surface area (Å²) in [5.41, 5.74) is 1.96. The second-order valence-electron chi connectivity index (χ2n) is 3.07. The predicted molar refractivity (Wildman–Crippen MR) is 61.3 cm³/mol. The largest absolute Gasteiger partial charge is 0.310 e. The van der Waals surface area contributed by atoms with Crippen LogP contribution in [0.25, 0.3) is 0 Å². The molecule has 0 bridgehead atoms. The Morgan fingerprint density at radius 2 is 1.86 bits per heavy atom. The zero-order chi connectivity index (χ0) is 9.68. The number of carbonyl (C=O) groups is 1. The highest BCUT2D eigenvalue weighted by atomic mass is 35.5. The normalized spacial score (nSPS) is 9.29. The van der Waals surface area contributed by atoms with Crippen LogP contribution in [0.4, 0.5) is 0 Å². The van der Waals surface area contributed by atoms with Gasteiger partial charge in [0, 0.05) is 5.56 Å². The lowest BCUT2D eigenvalue weighted by molar-refractivity contribution is 0.0992. The number of aryl methyl sites for hydroxylation is 1. The number of likely N-dealkylation sites (N-methyl/N-ethyl adjacent to an activating group) is 1. The molecule has 0 atom stereocenters. The van der Waals surface area contributed by atoms with E-state index in [4.69, 9.17) is 0 Å². The lowest BCUT2D eigenvalue weighted by atomic mass is 10.1. The Hall–Kier alpha value is -0.860. The summed E-state index contributed by atoms with van der Waals surface area (Å²) in [6.45, 7) is 5.26. The molecule has 0 saturated carbocycles. The summed E-state index contributed by atoms with van der Waals surface area (Å²) in [4.78, 5) is 11.5. The molecule has 0 saturated heterocycles. The molecule has 1 aromatic rings. The van der Waals surface area contributed by atoms with Crippen LogP contribution >= 0.6 is 12.4 Å². The number of rotatable bonds is 4. The molecule has 14 heavy (non-hydrogen) atoms. The van der Waals surface area contributed by atoms with Gasteiger partial charge in [0.1, 0.15) is 0 Å². The number of nitrogens with one attached hydrogen (secondary N) is 1. The molecule has 0 aliphatic carbocycles. The van der Waals surface area contributed by atoms with Gasteiger partial charge in [-0.25, -0.2) is 0 Å². The van der Waals surface area contributed by atoms with Gasteiger partial charge in [0.15, 0.2) is 5.78 Å². The summed E-state index contributed by atoms with van der Waals surface area (Å²) in [7, 11) is 0. The first kappa shape index (κ1) is 13.1. The minimum atomic E-state index is 0. The van der Waals surface area contributed by atoms with Crippen LogP contribution in [0.2, 0.25) is 0 Å². The molecule has 78 valence electrons. The molecular weight excluding hydrogens is 198 g/mol. The number of ketones is 1. The Labute approximate surface area is 91.1 Å². The first-order valence-electron chi connectivity index (χ1n) is 4.54. The highest BCUT2D eigenvalue weighted by Crippen LogP contribution is 2.03. The van der Waals surface area contributed by atoms with Crippen molar-refractivity contribution in [2.75, 3.05) is 13.1 Å². The van der Waals surface area contributed by atoms with Gasteiger partial charge in [-0.3, -0.25) is 4.79 Å². The zero-order valence-electron chi connectivity index (χ0n) is 8.54. The summed E-state index contributed by atoms with van der Waals surface area (Å²) in [5.74, 6) is 0.154. The molecule has 2 nitrogen and oxygen atoms in total. The molecule has 0 aromatic heterocycles. The number of Topliss-reactive ketones (excluding diaryl/α,β-unsaturated/α-hetero) is 1. The van der Waals surface area contributed by atoms with Crippen molar-refractivity contribution in [2.45, 2.75) is 13.8 Å². The fourth-order valence-corrected chi connectivity index (χ4v) is 1.08. The molecule has 1 aromatic carbocycles. The second kappa shape index (κ2) is 6.57. The molecule has 0 fully saturated rings. The molecule has 1 N–H and O–H groups in total. The van der Waals surface area contributed by atoms with Crippen LogP contribution in [-0.2, 0) is 0 Å². The third-order valence-corrected chi connectivity index (χ3v) is 1.91. The van der Waals surface area contributed by atoms with E-state index in [-0.39, 0.29) is 18.2 Å². The average Bonchev–Trinajstić information content (AvgIpc) is 2.15. The van der Waals surface area contributed by atoms with Gasteiger partial charge < -0.3 is 5.32 Å². The van der Waals surface area contributed by atoms with Crippen molar-refractivity contribution in [3.63, 3.8) is 0 Å². The standard InChI is InChI=1S/C11H15NO.ClH/c1-3-12-8-11(13)10-6-4-9(2)5-7-10;/h4-7,12H,3,8H2,1-2H3;1H. The first-order chi connectivity index (χ1) is 6.24. The lowest BCUT2D eigenvalue weighted by Crippen LogP contribution is -2.22. The van der Waals surface area contributed by atoms with Crippen LogP contribution < -0.4 is 5.32 Å². The fraction of sp³-hybridized carbons (Fsp3) is 0.364. The van der Waals surface area contributed by atoms with Crippen molar-refractivity contribution in [1.82, 2.24) is 5.32 Å². The average molecular weight is 214 g/mol. The van der Waals surface area contributed by atoms with Crippen LogP contribution in [0.1, 0.15) is 22.8 Å². The van der Waals surface area contributed by atoms with E-state index in [0.29, 0.717) is 6.54 Å². The molecule has 0 radical (unpaired) electrons. The van der Waals surface area contributed by atoms with Crippen LogP contribution in [0.5, 0.6) is 0 Å². The minimum absolute atomic E-state index is 0. The topological polar surface area (TPSA) is 29.1 Å². The van der Waals surface area contributed by atoms with Gasteiger partial charge in [-0.15, -0.1) is 12.4 Å². The van der Waals surface area contributed by atoms with E-state index in [2.05, 4.69) is 5.32 Å². The van der Waals surface area contributed by atoms with Gasteiger partial charge in [-0.1, -0.05) is 36.8 Å². The summed E-state index contributed by atoms with van der Waals surface area (Å²) in [5, 5.41) is 3.01. The number of halogens is 1. The number of hydrogen-bond acceptors (Lipinski definition) is 2. The Morgan fingerprint density at radius 3 is 2.36 bits per heavy atom. The van der Waals surface area contributed by atoms with Crippen LogP contribution in [0.15, 0.2) is 24.3 Å². The Kier molecular flexibility index (Phi) is 6.17. The number of hydrogen-bond donors (Lipinski definition) is 1. The maximum Gasteiger partial charge on any atom is 0.176 e. The van der Waals surface area contributed by atoms with Crippen molar-refractivity contribution in [1.29, 1.82) is 0 Å². The smallest absolute Gasteiger partial charge is 0.176 e. The number of carbonyl (C=O) groups excluding carboxylic acids is 1. The molecule has 1 rings (SSSR count). The maximum atomic E-state index is 11.5. The van der Waals surface area contributed by atoms with Crippen molar-refractivity contribution >= 4 is 18.2 Å². The van der Waals surface area contributed by atoms with Crippen molar-refractivity contribution < 1.29 is 4.79 Å². The fourth-order valence-electron chi connectivity index (χ4n) is 1.08. The van der Waals surface area contributed by atoms with E-state index < -0.39 is 0 Å². The van der Waals surface area contributed by atoms with Crippen molar-refractivity contribution in [3.8, 4) is 0 Å². The SMILES string of the molecule is CCNCC(=O)c1ccc(C)cc1.Cl. The van der Waals surface area contributed by atoms with Gasteiger partial charge >= 0.3 is 0 Å². The number of benzene rings is 1. The molecular formula is C11H16ClNO. The highest BCUT2D eigenvalue weighted by molar-refractivity contribution is 5.97.